The van der Waals surface area contributed by atoms with E-state index in [0.717, 1.165) is 19.3 Å². The lowest BCUT2D eigenvalue weighted by Gasteiger charge is -2.09. The van der Waals surface area contributed by atoms with Crippen molar-refractivity contribution in [2.24, 2.45) is 0 Å². The lowest BCUT2D eigenvalue weighted by atomic mass is 10.1. The van der Waals surface area contributed by atoms with Crippen LogP contribution in [-0.2, 0) is 0 Å². The molecule has 2 rings (SSSR count). The molecule has 2 amide bonds. The summed E-state index contributed by atoms with van der Waals surface area (Å²) in [6.45, 7) is 2.32. The molecule has 112 valence electrons. The van der Waals surface area contributed by atoms with Crippen LogP contribution >= 0.6 is 0 Å². The van der Waals surface area contributed by atoms with Crippen LogP contribution in [0.4, 0.5) is 10.5 Å². The van der Waals surface area contributed by atoms with E-state index < -0.39 is 5.97 Å². The molecule has 0 aliphatic heterocycles. The Morgan fingerprint density at radius 3 is 2.76 bits per heavy atom. The molecule has 0 aromatic heterocycles. The molecule has 0 unspecified atom stereocenters. The second-order valence-corrected chi connectivity index (χ2v) is 5.22. The molecule has 0 radical (unpaired) electrons. The highest BCUT2D eigenvalue weighted by atomic mass is 16.4. The molecule has 1 aliphatic rings. The number of amides is 2. The maximum atomic E-state index is 11.8. The molecule has 0 saturated carbocycles. The quantitative estimate of drug-likeness (QED) is 0.727. The molecule has 1 aliphatic carbocycles. The first-order chi connectivity index (χ1) is 10.1. The Labute approximate surface area is 124 Å². The van der Waals surface area contributed by atoms with Gasteiger partial charge in [0.05, 0.1) is 5.56 Å². The van der Waals surface area contributed by atoms with E-state index in [1.165, 1.54) is 18.1 Å². The van der Waals surface area contributed by atoms with Crippen LogP contribution in [0.2, 0.25) is 0 Å². The van der Waals surface area contributed by atoms with Gasteiger partial charge in [-0.05, 0) is 56.4 Å². The van der Waals surface area contributed by atoms with Crippen LogP contribution in [0, 0.1) is 6.92 Å². The Bertz CT molecular complexity index is 579. The topological polar surface area (TPSA) is 78.4 Å². The molecule has 0 saturated heterocycles. The van der Waals surface area contributed by atoms with Crippen LogP contribution in [0.1, 0.15) is 41.6 Å². The van der Waals surface area contributed by atoms with E-state index in [9.17, 15) is 9.59 Å². The van der Waals surface area contributed by atoms with Crippen LogP contribution < -0.4 is 10.6 Å². The van der Waals surface area contributed by atoms with E-state index in [2.05, 4.69) is 16.7 Å². The van der Waals surface area contributed by atoms with Gasteiger partial charge in [0.1, 0.15) is 0 Å². The van der Waals surface area contributed by atoms with Gasteiger partial charge in [0.2, 0.25) is 0 Å². The first-order valence-corrected chi connectivity index (χ1v) is 7.13. The summed E-state index contributed by atoms with van der Waals surface area (Å²) in [5, 5.41) is 14.5. The van der Waals surface area contributed by atoms with Crippen molar-refractivity contribution in [1.82, 2.24) is 5.32 Å². The Balaban J connectivity index is 1.82. The summed E-state index contributed by atoms with van der Waals surface area (Å²) < 4.78 is 0. The third-order valence-electron chi connectivity index (χ3n) is 3.58. The van der Waals surface area contributed by atoms with E-state index in [1.807, 2.05) is 0 Å². The Morgan fingerprint density at radius 1 is 1.33 bits per heavy atom. The number of allylic oxidation sites excluding steroid dienone is 1. The molecular formula is C16H20N2O3. The number of carboxylic acid groups (broad SMARTS) is 1. The number of benzene rings is 1. The van der Waals surface area contributed by atoms with Crippen molar-refractivity contribution >= 4 is 17.7 Å². The number of urea groups is 1. The standard InChI is InChI=1S/C16H20N2O3/c1-11-10-13(6-7-14(11)15(19)20)18-16(21)17-9-8-12-4-2-3-5-12/h4,6-7,10H,2-3,5,8-9H2,1H3,(H,19,20)(H2,17,18,21). The van der Waals surface area contributed by atoms with Gasteiger partial charge in [-0.25, -0.2) is 9.59 Å². The second-order valence-electron chi connectivity index (χ2n) is 5.22. The number of aromatic carboxylic acids is 1. The van der Waals surface area contributed by atoms with Crippen molar-refractivity contribution in [3.05, 3.63) is 41.0 Å². The molecule has 0 heterocycles. The summed E-state index contributed by atoms with van der Waals surface area (Å²) in [4.78, 5) is 22.7. The third kappa shape index (κ3) is 4.34. The van der Waals surface area contributed by atoms with Crippen molar-refractivity contribution in [3.8, 4) is 0 Å². The van der Waals surface area contributed by atoms with Crippen molar-refractivity contribution in [2.45, 2.75) is 32.6 Å². The van der Waals surface area contributed by atoms with Gasteiger partial charge in [0.15, 0.2) is 0 Å². The zero-order chi connectivity index (χ0) is 15.2. The Morgan fingerprint density at radius 2 is 2.14 bits per heavy atom. The van der Waals surface area contributed by atoms with E-state index in [1.54, 1.807) is 19.1 Å². The zero-order valence-corrected chi connectivity index (χ0v) is 12.1. The smallest absolute Gasteiger partial charge is 0.335 e. The van der Waals surface area contributed by atoms with Gasteiger partial charge >= 0.3 is 12.0 Å². The van der Waals surface area contributed by atoms with E-state index >= 15 is 0 Å². The van der Waals surface area contributed by atoms with Crippen LogP contribution in [0.3, 0.4) is 0 Å². The summed E-state index contributed by atoms with van der Waals surface area (Å²) >= 11 is 0. The monoisotopic (exact) mass is 288 g/mol. The third-order valence-corrected chi connectivity index (χ3v) is 3.58. The van der Waals surface area contributed by atoms with Crippen molar-refractivity contribution in [1.29, 1.82) is 0 Å². The van der Waals surface area contributed by atoms with E-state index in [0.29, 0.717) is 17.8 Å². The van der Waals surface area contributed by atoms with Crippen molar-refractivity contribution < 1.29 is 14.7 Å². The molecule has 0 bridgehead atoms. The highest BCUT2D eigenvalue weighted by molar-refractivity contribution is 5.92. The maximum Gasteiger partial charge on any atom is 0.335 e. The number of rotatable bonds is 5. The van der Waals surface area contributed by atoms with Gasteiger partial charge in [-0.15, -0.1) is 0 Å². The number of carbonyl (C=O) groups excluding carboxylic acids is 1. The molecule has 5 nitrogen and oxygen atoms in total. The van der Waals surface area contributed by atoms with Crippen LogP contribution in [-0.4, -0.2) is 23.7 Å². The normalized spacial score (nSPS) is 13.7. The average Bonchev–Trinajstić information content (AvgIpc) is 2.91. The molecule has 0 spiro atoms. The number of carbonyl (C=O) groups is 2. The highest BCUT2D eigenvalue weighted by Gasteiger charge is 2.09. The lowest BCUT2D eigenvalue weighted by molar-refractivity contribution is 0.0696. The summed E-state index contributed by atoms with van der Waals surface area (Å²) in [6.07, 6.45) is 6.64. The molecule has 1 aromatic carbocycles. The molecule has 21 heavy (non-hydrogen) atoms. The number of aryl methyl sites for hydroxylation is 1. The first-order valence-electron chi connectivity index (χ1n) is 7.13. The van der Waals surface area contributed by atoms with Gasteiger partial charge in [-0.2, -0.15) is 0 Å². The van der Waals surface area contributed by atoms with E-state index in [4.69, 9.17) is 5.11 Å². The summed E-state index contributed by atoms with van der Waals surface area (Å²) in [5.74, 6) is -0.965. The van der Waals surface area contributed by atoms with Gasteiger partial charge in [-0.1, -0.05) is 11.6 Å². The predicted molar refractivity (Wildman–Crippen MR) is 81.7 cm³/mol. The van der Waals surface area contributed by atoms with Crippen LogP contribution in [0.5, 0.6) is 0 Å². The number of carboxylic acids is 1. The number of nitrogens with one attached hydrogen (secondary N) is 2. The fourth-order valence-corrected chi connectivity index (χ4v) is 2.46. The largest absolute Gasteiger partial charge is 0.478 e. The maximum absolute atomic E-state index is 11.8. The highest BCUT2D eigenvalue weighted by Crippen LogP contribution is 2.19. The minimum atomic E-state index is -0.965. The lowest BCUT2D eigenvalue weighted by Crippen LogP contribution is -2.29. The zero-order valence-electron chi connectivity index (χ0n) is 12.1. The van der Waals surface area contributed by atoms with Gasteiger partial charge < -0.3 is 15.7 Å². The number of anilines is 1. The van der Waals surface area contributed by atoms with Crippen LogP contribution in [0.25, 0.3) is 0 Å². The minimum absolute atomic E-state index is 0.245. The number of hydrogen-bond acceptors (Lipinski definition) is 2. The molecule has 0 fully saturated rings. The summed E-state index contributed by atoms with van der Waals surface area (Å²) in [7, 11) is 0. The molecular weight excluding hydrogens is 268 g/mol. The van der Waals surface area contributed by atoms with Gasteiger partial charge in [0.25, 0.3) is 0 Å². The van der Waals surface area contributed by atoms with Crippen molar-refractivity contribution in [3.63, 3.8) is 0 Å². The summed E-state index contributed by atoms with van der Waals surface area (Å²) in [5.41, 5.74) is 2.87. The second kappa shape index (κ2) is 6.92. The summed E-state index contributed by atoms with van der Waals surface area (Å²) in [6, 6.07) is 4.48. The molecule has 5 heteroatoms. The number of hydrogen-bond donors (Lipinski definition) is 3. The Kier molecular flexibility index (Phi) is 4.98. The van der Waals surface area contributed by atoms with Crippen molar-refractivity contribution in [2.75, 3.05) is 11.9 Å². The van der Waals surface area contributed by atoms with Crippen LogP contribution in [0.15, 0.2) is 29.8 Å². The van der Waals surface area contributed by atoms with Gasteiger partial charge in [0, 0.05) is 12.2 Å². The molecule has 3 N–H and O–H groups in total. The fraction of sp³-hybridized carbons (Fsp3) is 0.375. The fourth-order valence-electron chi connectivity index (χ4n) is 2.46. The molecule has 1 aromatic rings. The minimum Gasteiger partial charge on any atom is -0.478 e. The molecule has 0 atom stereocenters. The average molecular weight is 288 g/mol. The van der Waals surface area contributed by atoms with E-state index in [-0.39, 0.29) is 11.6 Å². The SMILES string of the molecule is Cc1cc(NC(=O)NCCC2=CCCC2)ccc1C(=O)O. The predicted octanol–water partition coefficient (Wildman–Crippen LogP) is 3.32. The van der Waals surface area contributed by atoms with Gasteiger partial charge in [-0.3, -0.25) is 0 Å². The Hall–Kier alpha value is -2.30. The first kappa shape index (κ1) is 15.1.